The van der Waals surface area contributed by atoms with Gasteiger partial charge in [0, 0.05) is 0 Å². The van der Waals surface area contributed by atoms with E-state index in [2.05, 4.69) is 0 Å². The number of ether oxygens (including phenoxy) is 1. The second kappa shape index (κ2) is 5.89. The maximum atomic E-state index is 14.2. The molecule has 24 heavy (non-hydrogen) atoms. The van der Waals surface area contributed by atoms with Crippen molar-refractivity contribution < 1.29 is 23.5 Å². The Labute approximate surface area is 140 Å². The van der Waals surface area contributed by atoms with E-state index in [9.17, 15) is 18.8 Å². The molecule has 1 aromatic carbocycles. The third kappa shape index (κ3) is 3.72. The Balaban J connectivity index is 2.40. The van der Waals surface area contributed by atoms with Crippen molar-refractivity contribution in [1.29, 1.82) is 0 Å². The molecule has 0 aliphatic carbocycles. The quantitative estimate of drug-likeness (QED) is 0.795. The van der Waals surface area contributed by atoms with Crippen molar-refractivity contribution in [2.75, 3.05) is 6.54 Å². The number of fused-ring (bicyclic) bond motifs is 1. The maximum Gasteiger partial charge on any atom is 0.429 e. The SMILES string of the molecule is CC(C)(F)CN(C(=O)OC(C)(C)C)N1C(=O)c2ccccc2C1=O. The molecule has 0 radical (unpaired) electrons. The van der Waals surface area contributed by atoms with Crippen LogP contribution in [0.1, 0.15) is 55.3 Å². The Hall–Kier alpha value is -2.44. The van der Waals surface area contributed by atoms with Gasteiger partial charge in [-0.1, -0.05) is 12.1 Å². The zero-order valence-corrected chi connectivity index (χ0v) is 14.4. The minimum absolute atomic E-state index is 0.174. The Bertz CT molecular complexity index is 654. The average molecular weight is 336 g/mol. The van der Waals surface area contributed by atoms with Crippen LogP contribution in [0.2, 0.25) is 0 Å². The molecule has 0 bridgehead atoms. The van der Waals surface area contributed by atoms with Gasteiger partial charge < -0.3 is 4.74 Å². The van der Waals surface area contributed by atoms with Gasteiger partial charge in [-0.3, -0.25) is 9.59 Å². The van der Waals surface area contributed by atoms with Crippen LogP contribution in [-0.2, 0) is 4.74 Å². The Morgan fingerprint density at radius 2 is 1.54 bits per heavy atom. The van der Waals surface area contributed by atoms with Gasteiger partial charge in [-0.05, 0) is 46.8 Å². The van der Waals surface area contributed by atoms with Gasteiger partial charge in [0.05, 0.1) is 17.7 Å². The third-order valence-corrected chi connectivity index (χ3v) is 3.14. The highest BCUT2D eigenvalue weighted by Gasteiger charge is 2.44. The van der Waals surface area contributed by atoms with E-state index in [1.165, 1.54) is 26.0 Å². The first kappa shape index (κ1) is 17.9. The molecule has 0 fully saturated rings. The lowest BCUT2D eigenvalue weighted by Crippen LogP contribution is -2.54. The zero-order valence-electron chi connectivity index (χ0n) is 14.4. The number of halogens is 1. The lowest BCUT2D eigenvalue weighted by atomic mass is 10.1. The van der Waals surface area contributed by atoms with E-state index in [1.807, 2.05) is 0 Å². The number of hydrazine groups is 1. The van der Waals surface area contributed by atoms with Crippen molar-refractivity contribution in [3.8, 4) is 0 Å². The van der Waals surface area contributed by atoms with Crippen LogP contribution in [0.4, 0.5) is 9.18 Å². The largest absolute Gasteiger partial charge is 0.442 e. The highest BCUT2D eigenvalue weighted by atomic mass is 19.1. The highest BCUT2D eigenvalue weighted by Crippen LogP contribution is 2.27. The number of carbonyl (C=O) groups excluding carboxylic acids is 3. The molecule has 0 N–H and O–H groups in total. The van der Waals surface area contributed by atoms with Crippen LogP contribution in [0.5, 0.6) is 0 Å². The summed E-state index contributed by atoms with van der Waals surface area (Å²) in [7, 11) is 0. The Morgan fingerprint density at radius 3 is 1.92 bits per heavy atom. The summed E-state index contributed by atoms with van der Waals surface area (Å²) in [5.41, 5.74) is -2.33. The summed E-state index contributed by atoms with van der Waals surface area (Å²) in [4.78, 5) is 37.5. The van der Waals surface area contributed by atoms with Gasteiger partial charge in [0.25, 0.3) is 11.8 Å². The lowest BCUT2D eigenvalue weighted by molar-refractivity contribution is -0.0432. The number of amides is 3. The molecule has 0 unspecified atom stereocenters. The smallest absolute Gasteiger partial charge is 0.429 e. The topological polar surface area (TPSA) is 66.9 Å². The van der Waals surface area contributed by atoms with Crippen LogP contribution in [0.3, 0.4) is 0 Å². The minimum Gasteiger partial charge on any atom is -0.442 e. The van der Waals surface area contributed by atoms with Gasteiger partial charge in [-0.15, -0.1) is 0 Å². The molecule has 0 saturated carbocycles. The highest BCUT2D eigenvalue weighted by molar-refractivity contribution is 6.21. The van der Waals surface area contributed by atoms with Gasteiger partial charge in [0.15, 0.2) is 0 Å². The fourth-order valence-corrected chi connectivity index (χ4v) is 2.28. The number of carbonyl (C=O) groups is 3. The van der Waals surface area contributed by atoms with E-state index in [4.69, 9.17) is 4.74 Å². The number of nitrogens with zero attached hydrogens (tertiary/aromatic N) is 2. The van der Waals surface area contributed by atoms with Gasteiger partial charge in [-0.25, -0.2) is 14.2 Å². The van der Waals surface area contributed by atoms with Crippen molar-refractivity contribution in [3.63, 3.8) is 0 Å². The van der Waals surface area contributed by atoms with E-state index >= 15 is 0 Å². The van der Waals surface area contributed by atoms with Crippen molar-refractivity contribution in [2.24, 2.45) is 0 Å². The molecule has 0 saturated heterocycles. The third-order valence-electron chi connectivity index (χ3n) is 3.14. The minimum atomic E-state index is -1.83. The monoisotopic (exact) mass is 336 g/mol. The van der Waals surface area contributed by atoms with Crippen LogP contribution in [0.15, 0.2) is 24.3 Å². The molecule has 1 aliphatic heterocycles. The van der Waals surface area contributed by atoms with E-state index in [0.29, 0.717) is 5.01 Å². The summed E-state index contributed by atoms with van der Waals surface area (Å²) >= 11 is 0. The van der Waals surface area contributed by atoms with Crippen molar-refractivity contribution in [1.82, 2.24) is 10.0 Å². The number of imide groups is 1. The summed E-state index contributed by atoms with van der Waals surface area (Å²) in [6.07, 6.45) is -0.956. The first-order valence-corrected chi connectivity index (χ1v) is 7.58. The van der Waals surface area contributed by atoms with Crippen molar-refractivity contribution in [2.45, 2.75) is 45.9 Å². The van der Waals surface area contributed by atoms with Crippen LogP contribution < -0.4 is 0 Å². The molecule has 0 atom stereocenters. The molecule has 0 spiro atoms. The standard InChI is InChI=1S/C17H21FN2O4/c1-16(2,3)24-15(23)19(10-17(4,5)18)20-13(21)11-8-6-7-9-12(11)14(20)22/h6-9H,10H2,1-5H3. The van der Waals surface area contributed by atoms with Crippen molar-refractivity contribution in [3.05, 3.63) is 35.4 Å². The number of benzene rings is 1. The zero-order chi connectivity index (χ0) is 18.3. The lowest BCUT2D eigenvalue weighted by Gasteiger charge is -2.34. The van der Waals surface area contributed by atoms with Crippen LogP contribution >= 0.6 is 0 Å². The van der Waals surface area contributed by atoms with Gasteiger partial charge in [-0.2, -0.15) is 5.01 Å². The fraction of sp³-hybridized carbons (Fsp3) is 0.471. The summed E-state index contributed by atoms with van der Waals surface area (Å²) in [5.74, 6) is -1.35. The Kier molecular flexibility index (Phi) is 4.39. The summed E-state index contributed by atoms with van der Waals surface area (Å²) in [5, 5.41) is 1.38. The second-order valence-corrected chi connectivity index (χ2v) is 7.22. The normalized spacial score (nSPS) is 14.7. The molecule has 3 amide bonds. The van der Waals surface area contributed by atoms with Crippen molar-refractivity contribution >= 4 is 17.9 Å². The van der Waals surface area contributed by atoms with E-state index in [-0.39, 0.29) is 11.1 Å². The molecular weight excluding hydrogens is 315 g/mol. The predicted molar refractivity (Wildman–Crippen MR) is 85.1 cm³/mol. The number of alkyl halides is 1. The molecule has 1 aromatic rings. The summed E-state index contributed by atoms with van der Waals surface area (Å²) < 4.78 is 19.4. The van der Waals surface area contributed by atoms with Gasteiger partial charge >= 0.3 is 6.09 Å². The average Bonchev–Trinajstić information content (AvgIpc) is 2.66. The van der Waals surface area contributed by atoms with Crippen LogP contribution in [0, 0.1) is 0 Å². The number of hydrogen-bond donors (Lipinski definition) is 0. The molecule has 1 heterocycles. The predicted octanol–water partition coefficient (Wildman–Crippen LogP) is 3.18. The molecular formula is C17H21FN2O4. The second-order valence-electron chi connectivity index (χ2n) is 7.22. The fourth-order valence-electron chi connectivity index (χ4n) is 2.28. The summed E-state index contributed by atoms with van der Waals surface area (Å²) in [6, 6.07) is 6.21. The maximum absolute atomic E-state index is 14.2. The number of hydrogen-bond acceptors (Lipinski definition) is 4. The summed E-state index contributed by atoms with van der Waals surface area (Å²) in [6.45, 7) is 6.95. The van der Waals surface area contributed by atoms with Crippen LogP contribution in [-0.4, -0.2) is 45.7 Å². The molecule has 130 valence electrons. The van der Waals surface area contributed by atoms with Gasteiger partial charge in [0.1, 0.15) is 11.3 Å². The van der Waals surface area contributed by atoms with Gasteiger partial charge in [0.2, 0.25) is 0 Å². The van der Waals surface area contributed by atoms with E-state index in [1.54, 1.807) is 32.9 Å². The first-order chi connectivity index (χ1) is 10.9. The number of rotatable bonds is 3. The Morgan fingerprint density at radius 1 is 1.08 bits per heavy atom. The van der Waals surface area contributed by atoms with E-state index in [0.717, 1.165) is 5.01 Å². The molecule has 2 rings (SSSR count). The molecule has 7 heteroatoms. The molecule has 1 aliphatic rings. The van der Waals surface area contributed by atoms with E-state index < -0.39 is 35.7 Å². The first-order valence-electron chi connectivity index (χ1n) is 7.58. The van der Waals surface area contributed by atoms with Crippen LogP contribution in [0.25, 0.3) is 0 Å². The molecule has 0 aromatic heterocycles. The molecule has 6 nitrogen and oxygen atoms in total.